The summed E-state index contributed by atoms with van der Waals surface area (Å²) in [4.78, 5) is 24.2. The number of hydrogen-bond acceptors (Lipinski definition) is 5. The van der Waals surface area contributed by atoms with E-state index in [-0.39, 0.29) is 31.9 Å². The Labute approximate surface area is 129 Å². The number of aliphatic hydroxyl groups is 1. The first-order valence-corrected chi connectivity index (χ1v) is 7.06. The summed E-state index contributed by atoms with van der Waals surface area (Å²) >= 11 is 0. The number of nitrogens with zero attached hydrogens (tertiary/aromatic N) is 2. The topological polar surface area (TPSA) is 103 Å². The minimum atomic E-state index is -0.909. The minimum absolute atomic E-state index is 0.0310. The molecule has 0 aromatic carbocycles. The van der Waals surface area contributed by atoms with Crippen LogP contribution in [0.5, 0.6) is 5.75 Å². The van der Waals surface area contributed by atoms with Gasteiger partial charge in [-0.2, -0.15) is 0 Å². The van der Waals surface area contributed by atoms with E-state index in [4.69, 9.17) is 5.11 Å². The van der Waals surface area contributed by atoms with Crippen molar-refractivity contribution in [1.29, 1.82) is 0 Å². The summed E-state index contributed by atoms with van der Waals surface area (Å²) in [5.74, 6) is -1.28. The van der Waals surface area contributed by atoms with Crippen LogP contribution in [0.2, 0.25) is 0 Å². The van der Waals surface area contributed by atoms with Crippen molar-refractivity contribution in [2.45, 2.75) is 45.9 Å². The van der Waals surface area contributed by atoms with Gasteiger partial charge in [0.15, 0.2) is 5.75 Å². The Hall–Kier alpha value is -1.86. The number of carbonyl (C=O) groups is 1. The first-order valence-electron chi connectivity index (χ1n) is 7.06. The maximum atomic E-state index is 11.9. The molecule has 7 heteroatoms. The molecule has 0 atom stereocenters. The van der Waals surface area contributed by atoms with Gasteiger partial charge < -0.3 is 19.9 Å². The maximum absolute atomic E-state index is 11.9. The Bertz CT molecular complexity index is 601. The highest BCUT2D eigenvalue weighted by atomic mass is 16.4. The number of carboxylic acid groups (broad SMARTS) is 1. The predicted molar refractivity (Wildman–Crippen MR) is 81.9 cm³/mol. The fourth-order valence-corrected chi connectivity index (χ4v) is 2.42. The van der Waals surface area contributed by atoms with Crippen molar-refractivity contribution in [2.75, 3.05) is 13.6 Å². The van der Waals surface area contributed by atoms with Crippen molar-refractivity contribution in [3.63, 3.8) is 0 Å². The Morgan fingerprint density at radius 2 is 1.95 bits per heavy atom. The summed E-state index contributed by atoms with van der Waals surface area (Å²) in [5, 5.41) is 28.4. The third-order valence-electron chi connectivity index (χ3n) is 3.32. The SMILES string of the molecule is CN(CCC(=O)O)Cc1c(O)c(=O)cc(CO)n1C(C)(C)C. The summed E-state index contributed by atoms with van der Waals surface area (Å²) in [7, 11) is 1.71. The van der Waals surface area contributed by atoms with E-state index in [0.717, 1.165) is 0 Å². The van der Waals surface area contributed by atoms with Crippen molar-refractivity contribution in [3.05, 3.63) is 27.7 Å². The first kappa shape index (κ1) is 18.2. The lowest BCUT2D eigenvalue weighted by atomic mass is 10.0. The molecule has 1 heterocycles. The van der Waals surface area contributed by atoms with Crippen LogP contribution in [-0.4, -0.2) is 44.3 Å². The largest absolute Gasteiger partial charge is 0.503 e. The monoisotopic (exact) mass is 312 g/mol. The van der Waals surface area contributed by atoms with Crippen LogP contribution >= 0.6 is 0 Å². The van der Waals surface area contributed by atoms with Gasteiger partial charge in [0.25, 0.3) is 0 Å². The second-order valence-corrected chi connectivity index (χ2v) is 6.34. The van der Waals surface area contributed by atoms with Gasteiger partial charge >= 0.3 is 5.97 Å². The smallest absolute Gasteiger partial charge is 0.304 e. The Balaban J connectivity index is 3.29. The zero-order valence-electron chi connectivity index (χ0n) is 13.5. The number of aliphatic hydroxyl groups excluding tert-OH is 1. The van der Waals surface area contributed by atoms with E-state index in [1.54, 1.807) is 16.5 Å². The lowest BCUT2D eigenvalue weighted by Gasteiger charge is -2.32. The molecule has 0 aliphatic heterocycles. The van der Waals surface area contributed by atoms with Gasteiger partial charge in [-0.05, 0) is 27.8 Å². The van der Waals surface area contributed by atoms with E-state index < -0.39 is 16.9 Å². The van der Waals surface area contributed by atoms with Gasteiger partial charge in [-0.1, -0.05) is 0 Å². The molecule has 0 aliphatic rings. The molecule has 0 radical (unpaired) electrons. The van der Waals surface area contributed by atoms with E-state index in [9.17, 15) is 19.8 Å². The average molecular weight is 312 g/mol. The second kappa shape index (κ2) is 6.93. The van der Waals surface area contributed by atoms with Crippen LogP contribution in [0.1, 0.15) is 38.6 Å². The van der Waals surface area contributed by atoms with Crippen molar-refractivity contribution in [3.8, 4) is 5.75 Å². The van der Waals surface area contributed by atoms with Crippen molar-refractivity contribution in [2.24, 2.45) is 0 Å². The van der Waals surface area contributed by atoms with Crippen molar-refractivity contribution in [1.82, 2.24) is 9.47 Å². The standard InChI is InChI=1S/C15H24N2O5/c1-15(2,3)17-10(9-18)7-12(19)14(22)11(17)8-16(4)6-5-13(20)21/h7,18,22H,5-6,8-9H2,1-4H3,(H,20,21). The fourth-order valence-electron chi connectivity index (χ4n) is 2.42. The van der Waals surface area contributed by atoms with E-state index >= 15 is 0 Å². The van der Waals surface area contributed by atoms with Gasteiger partial charge in [-0.25, -0.2) is 0 Å². The summed E-state index contributed by atoms with van der Waals surface area (Å²) in [6, 6.07) is 1.22. The molecule has 7 nitrogen and oxygen atoms in total. The number of rotatable bonds is 6. The average Bonchev–Trinajstić information content (AvgIpc) is 2.39. The molecule has 0 saturated heterocycles. The summed E-state index contributed by atoms with van der Waals surface area (Å²) in [5.41, 5.74) is -0.216. The second-order valence-electron chi connectivity index (χ2n) is 6.34. The first-order chi connectivity index (χ1) is 10.1. The highest BCUT2D eigenvalue weighted by Gasteiger charge is 2.24. The van der Waals surface area contributed by atoms with Gasteiger partial charge in [0.05, 0.1) is 18.7 Å². The molecule has 0 saturated carbocycles. The van der Waals surface area contributed by atoms with Crippen LogP contribution in [-0.2, 0) is 23.5 Å². The molecule has 124 valence electrons. The van der Waals surface area contributed by atoms with Crippen LogP contribution in [0.4, 0.5) is 0 Å². The molecule has 1 aromatic rings. The van der Waals surface area contributed by atoms with Gasteiger partial charge in [-0.3, -0.25) is 14.5 Å². The predicted octanol–water partition coefficient (Wildman–Crippen LogP) is 0.708. The maximum Gasteiger partial charge on any atom is 0.304 e. The summed E-state index contributed by atoms with van der Waals surface area (Å²) < 4.78 is 1.72. The van der Waals surface area contributed by atoms with E-state index in [0.29, 0.717) is 11.4 Å². The zero-order valence-corrected chi connectivity index (χ0v) is 13.5. The molecular formula is C15H24N2O5. The third kappa shape index (κ3) is 4.32. The molecule has 0 unspecified atom stereocenters. The van der Waals surface area contributed by atoms with Crippen LogP contribution in [0, 0.1) is 0 Å². The van der Waals surface area contributed by atoms with Crippen LogP contribution in [0.15, 0.2) is 10.9 Å². The lowest BCUT2D eigenvalue weighted by Crippen LogP contribution is -2.33. The number of hydrogen-bond donors (Lipinski definition) is 3. The number of aliphatic carboxylic acids is 1. The Kier molecular flexibility index (Phi) is 5.73. The molecule has 3 N–H and O–H groups in total. The molecule has 1 rings (SSSR count). The Morgan fingerprint density at radius 3 is 2.41 bits per heavy atom. The number of aromatic nitrogens is 1. The Morgan fingerprint density at radius 1 is 1.36 bits per heavy atom. The van der Waals surface area contributed by atoms with Gasteiger partial charge in [-0.15, -0.1) is 0 Å². The van der Waals surface area contributed by atoms with E-state index in [2.05, 4.69) is 0 Å². The molecule has 22 heavy (non-hydrogen) atoms. The number of pyridine rings is 1. The normalized spacial score (nSPS) is 11.9. The van der Waals surface area contributed by atoms with Gasteiger partial charge in [0.2, 0.25) is 5.43 Å². The fraction of sp³-hybridized carbons (Fsp3) is 0.600. The summed E-state index contributed by atoms with van der Waals surface area (Å²) in [6.45, 7) is 5.87. The van der Waals surface area contributed by atoms with E-state index in [1.807, 2.05) is 20.8 Å². The third-order valence-corrected chi connectivity index (χ3v) is 3.32. The zero-order chi connectivity index (χ0) is 17.1. The highest BCUT2D eigenvalue weighted by Crippen LogP contribution is 2.25. The molecule has 0 amide bonds. The number of aromatic hydroxyl groups is 1. The van der Waals surface area contributed by atoms with Crippen LogP contribution < -0.4 is 5.43 Å². The highest BCUT2D eigenvalue weighted by molar-refractivity contribution is 5.66. The molecule has 0 bridgehead atoms. The molecule has 0 spiro atoms. The molecule has 1 aromatic heterocycles. The van der Waals surface area contributed by atoms with Crippen molar-refractivity contribution >= 4 is 5.97 Å². The van der Waals surface area contributed by atoms with Gasteiger partial charge in [0, 0.05) is 30.4 Å². The quantitative estimate of drug-likeness (QED) is 0.715. The molecule has 0 aliphatic carbocycles. The minimum Gasteiger partial charge on any atom is -0.503 e. The van der Waals surface area contributed by atoms with Gasteiger partial charge in [0.1, 0.15) is 0 Å². The molecular weight excluding hydrogens is 288 g/mol. The summed E-state index contributed by atoms with van der Waals surface area (Å²) in [6.07, 6.45) is -0.0310. The van der Waals surface area contributed by atoms with E-state index in [1.165, 1.54) is 6.07 Å². The number of carboxylic acids is 1. The van der Waals surface area contributed by atoms with Crippen LogP contribution in [0.25, 0.3) is 0 Å². The van der Waals surface area contributed by atoms with Crippen molar-refractivity contribution < 1.29 is 20.1 Å². The lowest BCUT2D eigenvalue weighted by molar-refractivity contribution is -0.137. The van der Waals surface area contributed by atoms with Crippen LogP contribution in [0.3, 0.4) is 0 Å². The molecule has 0 fully saturated rings.